The maximum atomic E-state index is 11.6. The fourth-order valence-electron chi connectivity index (χ4n) is 3.05. The first-order chi connectivity index (χ1) is 10.2. The third kappa shape index (κ3) is 3.93. The van der Waals surface area contributed by atoms with Crippen molar-refractivity contribution >= 4 is 5.97 Å². The Morgan fingerprint density at radius 3 is 2.62 bits per heavy atom. The Bertz CT molecular complexity index is 482. The molecule has 1 N–H and O–H groups in total. The summed E-state index contributed by atoms with van der Waals surface area (Å²) in [7, 11) is 0. The molecular weight excluding hydrogens is 268 g/mol. The monoisotopic (exact) mass is 292 g/mol. The molecule has 0 atom stereocenters. The summed E-state index contributed by atoms with van der Waals surface area (Å²) in [5.74, 6) is 0.914. The highest BCUT2D eigenvalue weighted by Crippen LogP contribution is 2.36. The highest BCUT2D eigenvalue weighted by atomic mass is 16.5. The fourth-order valence-corrected chi connectivity index (χ4v) is 3.05. The molecule has 0 saturated heterocycles. The Kier molecular flexibility index (Phi) is 5.53. The molecule has 1 fully saturated rings. The van der Waals surface area contributed by atoms with E-state index in [1.165, 1.54) is 31.9 Å². The molecule has 0 unspecified atom stereocenters. The van der Waals surface area contributed by atoms with Gasteiger partial charge < -0.3 is 9.84 Å². The Hall–Kier alpha value is -1.65. The van der Waals surface area contributed by atoms with Gasteiger partial charge in [-0.2, -0.15) is 4.98 Å². The molecule has 0 spiro atoms. The summed E-state index contributed by atoms with van der Waals surface area (Å²) < 4.78 is 4.86. The zero-order valence-electron chi connectivity index (χ0n) is 12.8. The first kappa shape index (κ1) is 15.7. The SMILES string of the molecule is CCCC1CCC(c2ncc(C(=O)OCC)c(O)n2)CC1. The largest absolute Gasteiger partial charge is 0.493 e. The van der Waals surface area contributed by atoms with Crippen LogP contribution >= 0.6 is 0 Å². The molecule has 1 aliphatic rings. The summed E-state index contributed by atoms with van der Waals surface area (Å²) >= 11 is 0. The molecule has 1 aromatic heterocycles. The molecular formula is C16H24N2O3. The number of aromatic hydroxyl groups is 1. The van der Waals surface area contributed by atoms with E-state index in [4.69, 9.17) is 4.74 Å². The van der Waals surface area contributed by atoms with Gasteiger partial charge in [-0.15, -0.1) is 0 Å². The molecule has 2 rings (SSSR count). The fraction of sp³-hybridized carbons (Fsp3) is 0.688. The van der Waals surface area contributed by atoms with Crippen molar-refractivity contribution in [1.29, 1.82) is 0 Å². The maximum Gasteiger partial charge on any atom is 0.345 e. The quantitative estimate of drug-likeness (QED) is 0.842. The Morgan fingerprint density at radius 2 is 2.05 bits per heavy atom. The summed E-state index contributed by atoms with van der Waals surface area (Å²) in [6.45, 7) is 4.21. The van der Waals surface area contributed by atoms with Gasteiger partial charge in [-0.3, -0.25) is 0 Å². The number of hydrogen-bond donors (Lipinski definition) is 1. The van der Waals surface area contributed by atoms with Crippen molar-refractivity contribution in [2.45, 2.75) is 58.3 Å². The van der Waals surface area contributed by atoms with E-state index in [0.717, 1.165) is 18.8 Å². The average molecular weight is 292 g/mol. The van der Waals surface area contributed by atoms with E-state index in [-0.39, 0.29) is 18.1 Å². The first-order valence-corrected chi connectivity index (χ1v) is 7.88. The number of aromatic nitrogens is 2. The van der Waals surface area contributed by atoms with Crippen molar-refractivity contribution in [2.75, 3.05) is 6.61 Å². The molecule has 116 valence electrons. The predicted molar refractivity (Wildman–Crippen MR) is 79.3 cm³/mol. The standard InChI is InChI=1S/C16H24N2O3/c1-3-5-11-6-8-12(9-7-11)14-17-10-13(15(19)18-14)16(20)21-4-2/h10-12H,3-9H2,1-2H3,(H,17,18,19). The van der Waals surface area contributed by atoms with E-state index in [0.29, 0.717) is 11.7 Å². The number of rotatable bonds is 5. The third-order valence-corrected chi connectivity index (χ3v) is 4.19. The summed E-state index contributed by atoms with van der Waals surface area (Å²) in [6.07, 6.45) is 8.42. The summed E-state index contributed by atoms with van der Waals surface area (Å²) in [4.78, 5) is 20.0. The molecule has 0 bridgehead atoms. The molecule has 0 aromatic carbocycles. The number of esters is 1. The van der Waals surface area contributed by atoms with Crippen LogP contribution in [0.25, 0.3) is 0 Å². The van der Waals surface area contributed by atoms with Crippen LogP contribution in [0.3, 0.4) is 0 Å². The summed E-state index contributed by atoms with van der Waals surface area (Å²) in [5, 5.41) is 9.90. The lowest BCUT2D eigenvalue weighted by Gasteiger charge is -2.27. The van der Waals surface area contributed by atoms with E-state index in [1.807, 2.05) is 0 Å². The smallest absolute Gasteiger partial charge is 0.345 e. The van der Waals surface area contributed by atoms with Crippen molar-refractivity contribution in [2.24, 2.45) is 5.92 Å². The van der Waals surface area contributed by atoms with Gasteiger partial charge in [0.2, 0.25) is 5.88 Å². The van der Waals surface area contributed by atoms with Gasteiger partial charge in [0.05, 0.1) is 6.61 Å². The van der Waals surface area contributed by atoms with Crippen LogP contribution in [0, 0.1) is 5.92 Å². The van der Waals surface area contributed by atoms with E-state index < -0.39 is 5.97 Å². The lowest BCUT2D eigenvalue weighted by Crippen LogP contribution is -2.16. The normalized spacial score (nSPS) is 22.0. The van der Waals surface area contributed by atoms with Crippen LogP contribution in [0.5, 0.6) is 5.88 Å². The van der Waals surface area contributed by atoms with Crippen molar-refractivity contribution in [3.8, 4) is 5.88 Å². The average Bonchev–Trinajstić information content (AvgIpc) is 2.48. The highest BCUT2D eigenvalue weighted by molar-refractivity contribution is 5.91. The van der Waals surface area contributed by atoms with Crippen LogP contribution in [0.15, 0.2) is 6.20 Å². The molecule has 0 radical (unpaired) electrons. The lowest BCUT2D eigenvalue weighted by molar-refractivity contribution is 0.0521. The Labute approximate surface area is 125 Å². The van der Waals surface area contributed by atoms with Crippen molar-refractivity contribution < 1.29 is 14.6 Å². The first-order valence-electron chi connectivity index (χ1n) is 7.88. The Morgan fingerprint density at radius 1 is 1.33 bits per heavy atom. The minimum Gasteiger partial charge on any atom is -0.493 e. The van der Waals surface area contributed by atoms with Gasteiger partial charge in [-0.1, -0.05) is 19.8 Å². The minimum atomic E-state index is -0.576. The predicted octanol–water partition coefficient (Wildman–Crippen LogP) is 3.43. The van der Waals surface area contributed by atoms with Gasteiger partial charge in [0.15, 0.2) is 0 Å². The van der Waals surface area contributed by atoms with Gasteiger partial charge in [0, 0.05) is 12.1 Å². The van der Waals surface area contributed by atoms with Crippen LogP contribution in [0.1, 0.15) is 74.5 Å². The molecule has 5 nitrogen and oxygen atoms in total. The second-order valence-corrected chi connectivity index (χ2v) is 5.69. The topological polar surface area (TPSA) is 72.3 Å². The molecule has 1 heterocycles. The number of ether oxygens (including phenoxy) is 1. The number of hydrogen-bond acceptors (Lipinski definition) is 5. The zero-order valence-corrected chi connectivity index (χ0v) is 12.8. The maximum absolute atomic E-state index is 11.6. The van der Waals surface area contributed by atoms with E-state index in [9.17, 15) is 9.90 Å². The van der Waals surface area contributed by atoms with Crippen LogP contribution in [-0.2, 0) is 4.74 Å². The number of nitrogens with zero attached hydrogens (tertiary/aromatic N) is 2. The van der Waals surface area contributed by atoms with E-state index in [2.05, 4.69) is 16.9 Å². The molecule has 0 aliphatic heterocycles. The zero-order chi connectivity index (χ0) is 15.2. The van der Waals surface area contributed by atoms with Crippen molar-refractivity contribution in [3.63, 3.8) is 0 Å². The van der Waals surface area contributed by atoms with Gasteiger partial charge >= 0.3 is 5.97 Å². The van der Waals surface area contributed by atoms with Crippen molar-refractivity contribution in [1.82, 2.24) is 9.97 Å². The second kappa shape index (κ2) is 7.38. The van der Waals surface area contributed by atoms with Crippen LogP contribution in [0.4, 0.5) is 0 Å². The van der Waals surface area contributed by atoms with Crippen molar-refractivity contribution in [3.05, 3.63) is 17.6 Å². The van der Waals surface area contributed by atoms with Gasteiger partial charge in [0.25, 0.3) is 0 Å². The second-order valence-electron chi connectivity index (χ2n) is 5.69. The molecule has 1 aromatic rings. The number of carbonyl (C=O) groups excluding carboxylic acids is 1. The number of carbonyl (C=O) groups is 1. The summed E-state index contributed by atoms with van der Waals surface area (Å²) in [6, 6.07) is 0. The van der Waals surface area contributed by atoms with Crippen LogP contribution in [0.2, 0.25) is 0 Å². The van der Waals surface area contributed by atoms with Crippen LogP contribution in [-0.4, -0.2) is 27.7 Å². The highest BCUT2D eigenvalue weighted by Gasteiger charge is 2.25. The lowest BCUT2D eigenvalue weighted by atomic mass is 9.80. The molecule has 1 saturated carbocycles. The van der Waals surface area contributed by atoms with E-state index >= 15 is 0 Å². The molecule has 21 heavy (non-hydrogen) atoms. The molecule has 5 heteroatoms. The van der Waals surface area contributed by atoms with Gasteiger partial charge in [0.1, 0.15) is 11.4 Å². The van der Waals surface area contributed by atoms with Crippen LogP contribution < -0.4 is 0 Å². The minimum absolute atomic E-state index is 0.0419. The molecule has 1 aliphatic carbocycles. The van der Waals surface area contributed by atoms with Gasteiger partial charge in [-0.25, -0.2) is 9.78 Å². The molecule has 0 amide bonds. The van der Waals surface area contributed by atoms with E-state index in [1.54, 1.807) is 6.92 Å². The third-order valence-electron chi connectivity index (χ3n) is 4.19. The van der Waals surface area contributed by atoms with Gasteiger partial charge in [-0.05, 0) is 38.5 Å². The summed E-state index contributed by atoms with van der Waals surface area (Å²) in [5.41, 5.74) is 0.0419. The Balaban J connectivity index is 2.02.